The van der Waals surface area contributed by atoms with Gasteiger partial charge in [0.1, 0.15) is 24.1 Å². The van der Waals surface area contributed by atoms with Crippen LogP contribution in [0.3, 0.4) is 0 Å². The van der Waals surface area contributed by atoms with Gasteiger partial charge in [-0.2, -0.15) is 0 Å². The second-order valence-electron chi connectivity index (χ2n) is 13.3. The number of aromatic nitrogens is 1. The van der Waals surface area contributed by atoms with Crippen molar-refractivity contribution < 1.29 is 44.6 Å². The van der Waals surface area contributed by atoms with Gasteiger partial charge in [0.15, 0.2) is 6.10 Å². The number of carbonyl (C=O) groups excluding carboxylic acids is 2. The molecule has 7 N–H and O–H groups in total. The van der Waals surface area contributed by atoms with Crippen molar-refractivity contribution in [2.75, 3.05) is 38.6 Å². The molecule has 0 saturated heterocycles. The van der Waals surface area contributed by atoms with Crippen LogP contribution < -0.4 is 15.4 Å². The Balaban J connectivity index is 1.19. The Labute approximate surface area is 318 Å². The van der Waals surface area contributed by atoms with Crippen LogP contribution >= 0.6 is 23.4 Å². The third-order valence-corrected chi connectivity index (χ3v) is 10.8. The van der Waals surface area contributed by atoms with Crippen molar-refractivity contribution >= 4 is 35.4 Å². The van der Waals surface area contributed by atoms with Gasteiger partial charge in [0.25, 0.3) is 5.91 Å². The fraction of sp³-hybridized carbons (Fsp3) is 0.500. The molecule has 2 amide bonds. The maximum Gasteiger partial charge on any atom is 0.407 e. The van der Waals surface area contributed by atoms with Crippen LogP contribution in [0, 0.1) is 0 Å². The molecule has 2 aliphatic carbocycles. The molecule has 1 aromatic heterocycles. The molecule has 0 aliphatic heterocycles. The van der Waals surface area contributed by atoms with Crippen LogP contribution in [0.2, 0.25) is 5.02 Å². The summed E-state index contributed by atoms with van der Waals surface area (Å²) in [4.78, 5) is 31.6. The van der Waals surface area contributed by atoms with E-state index in [-0.39, 0.29) is 37.9 Å². The van der Waals surface area contributed by atoms with Crippen molar-refractivity contribution in [2.45, 2.75) is 86.5 Å². The maximum atomic E-state index is 13.1. The smallest absolute Gasteiger partial charge is 0.407 e. The molecule has 2 aliphatic rings. The Morgan fingerprint density at radius 3 is 2.55 bits per heavy atom. The normalized spacial score (nSPS) is 17.0. The molecular formula is C38H49ClN4O9S. The molecule has 2 saturated carbocycles. The molecule has 0 spiro atoms. The number of rotatable bonds is 21. The fourth-order valence-electron chi connectivity index (χ4n) is 5.98. The maximum absolute atomic E-state index is 13.1. The molecule has 1 heterocycles. The van der Waals surface area contributed by atoms with E-state index in [9.17, 15) is 30.0 Å². The van der Waals surface area contributed by atoms with Gasteiger partial charge in [-0.1, -0.05) is 29.8 Å². The molecule has 5 rings (SSSR count). The summed E-state index contributed by atoms with van der Waals surface area (Å²) in [6.45, 7) is 1.65. The van der Waals surface area contributed by atoms with Crippen molar-refractivity contribution in [3.8, 4) is 16.9 Å². The fourth-order valence-corrected chi connectivity index (χ4v) is 7.07. The molecular weight excluding hydrogens is 724 g/mol. The van der Waals surface area contributed by atoms with E-state index in [2.05, 4.69) is 27.8 Å². The number of hydrogen-bond donors (Lipinski definition) is 7. The number of halogens is 1. The standard InChI is InChI=1S/C38H49ClN4O9S/c1-2-51-37(50)41-16-18-43(36(49)35(48)34(47)33(46)31(45)23-44)17-5-19-53-26-10-11-30(39)24(20-26)21-42-38(13-14-38)29-22-40-15-12-27(29)28-6-3-4-7-32(28)52-25-8-9-25/h3-4,6-7,10-12,15,20,22,25,31,33-35,42,44-48H,2,5,8-9,13-14,16-19,21,23H2,1H3,(H,41,50). The third kappa shape index (κ3) is 11.0. The number of nitrogens with zero attached hydrogens (tertiary/aromatic N) is 2. The molecule has 53 heavy (non-hydrogen) atoms. The lowest BCUT2D eigenvalue weighted by Crippen LogP contribution is -2.53. The van der Waals surface area contributed by atoms with Gasteiger partial charge in [-0.15, -0.1) is 11.8 Å². The number of amides is 2. The number of para-hydroxylation sites is 1. The summed E-state index contributed by atoms with van der Waals surface area (Å²) in [6, 6.07) is 16.0. The summed E-state index contributed by atoms with van der Waals surface area (Å²) in [5.74, 6) is 0.568. The average molecular weight is 773 g/mol. The van der Waals surface area contributed by atoms with Crippen LogP contribution in [0.25, 0.3) is 11.1 Å². The minimum Gasteiger partial charge on any atom is -0.490 e. The number of benzene rings is 2. The zero-order valence-corrected chi connectivity index (χ0v) is 31.3. The van der Waals surface area contributed by atoms with Gasteiger partial charge in [-0.05, 0) is 91.8 Å². The Kier molecular flexibility index (Phi) is 14.8. The van der Waals surface area contributed by atoms with Crippen molar-refractivity contribution in [3.63, 3.8) is 0 Å². The first-order valence-corrected chi connectivity index (χ1v) is 19.3. The highest BCUT2D eigenvalue weighted by Crippen LogP contribution is 2.50. The summed E-state index contributed by atoms with van der Waals surface area (Å²) in [7, 11) is 0. The number of aliphatic hydroxyl groups is 5. The predicted octanol–water partition coefficient (Wildman–Crippen LogP) is 3.21. The lowest BCUT2D eigenvalue weighted by molar-refractivity contribution is -0.158. The van der Waals surface area contributed by atoms with Crippen molar-refractivity contribution in [3.05, 3.63) is 77.1 Å². The average Bonchev–Trinajstić information content (AvgIpc) is 4.12. The van der Waals surface area contributed by atoms with E-state index in [0.717, 1.165) is 58.6 Å². The van der Waals surface area contributed by atoms with Crippen LogP contribution in [-0.4, -0.2) is 117 Å². The Hall–Kier alpha value is -3.47. The second-order valence-corrected chi connectivity index (χ2v) is 14.8. The Bertz CT molecular complexity index is 1680. The number of thioether (sulfide) groups is 1. The van der Waals surface area contributed by atoms with Gasteiger partial charge >= 0.3 is 6.09 Å². The number of nitrogens with one attached hydrogen (secondary N) is 2. The number of ether oxygens (including phenoxy) is 2. The third-order valence-electron chi connectivity index (χ3n) is 9.30. The Morgan fingerprint density at radius 1 is 1.06 bits per heavy atom. The quantitative estimate of drug-likeness (QED) is 0.0619. The summed E-state index contributed by atoms with van der Waals surface area (Å²) in [6.07, 6.45) is 0.114. The molecule has 288 valence electrons. The minimum atomic E-state index is -2.07. The highest BCUT2D eigenvalue weighted by Gasteiger charge is 2.46. The van der Waals surface area contributed by atoms with E-state index in [1.54, 1.807) is 18.7 Å². The van der Waals surface area contributed by atoms with E-state index in [1.807, 2.05) is 48.8 Å². The monoisotopic (exact) mass is 772 g/mol. The molecule has 13 nitrogen and oxygen atoms in total. The molecule has 4 unspecified atom stereocenters. The molecule has 0 bridgehead atoms. The molecule has 4 atom stereocenters. The zero-order valence-electron chi connectivity index (χ0n) is 29.7. The van der Waals surface area contributed by atoms with Crippen molar-refractivity contribution in [2.24, 2.45) is 0 Å². The zero-order chi connectivity index (χ0) is 38.0. The van der Waals surface area contributed by atoms with Crippen LogP contribution in [-0.2, 0) is 21.6 Å². The number of pyridine rings is 1. The first-order valence-electron chi connectivity index (χ1n) is 18.0. The van der Waals surface area contributed by atoms with Crippen LogP contribution in [0.5, 0.6) is 5.75 Å². The van der Waals surface area contributed by atoms with Gasteiger partial charge in [-0.25, -0.2) is 4.79 Å². The summed E-state index contributed by atoms with van der Waals surface area (Å²) >= 11 is 8.24. The summed E-state index contributed by atoms with van der Waals surface area (Å²) in [5, 5.41) is 56.5. The molecule has 3 aromatic rings. The first-order chi connectivity index (χ1) is 25.6. The lowest BCUT2D eigenvalue weighted by atomic mass is 9.94. The highest BCUT2D eigenvalue weighted by molar-refractivity contribution is 7.99. The largest absolute Gasteiger partial charge is 0.490 e. The van der Waals surface area contributed by atoms with Gasteiger partial charge < -0.3 is 50.5 Å². The molecule has 0 radical (unpaired) electrons. The number of aliphatic hydroxyl groups excluding tert-OH is 5. The Morgan fingerprint density at radius 2 is 1.83 bits per heavy atom. The molecule has 15 heteroatoms. The topological polar surface area (TPSA) is 194 Å². The van der Waals surface area contributed by atoms with E-state index in [1.165, 1.54) is 4.90 Å². The van der Waals surface area contributed by atoms with Gasteiger partial charge in [0.05, 0.1) is 19.3 Å². The van der Waals surface area contributed by atoms with E-state index < -0.39 is 43.0 Å². The second kappa shape index (κ2) is 19.2. The van der Waals surface area contributed by atoms with E-state index in [4.69, 9.17) is 26.2 Å². The number of carbonyl (C=O) groups is 2. The van der Waals surface area contributed by atoms with Crippen LogP contribution in [0.1, 0.15) is 50.2 Å². The minimum absolute atomic E-state index is 0.0126. The van der Waals surface area contributed by atoms with Gasteiger partial charge in [0.2, 0.25) is 0 Å². The van der Waals surface area contributed by atoms with E-state index in [0.29, 0.717) is 23.7 Å². The van der Waals surface area contributed by atoms with Crippen LogP contribution in [0.15, 0.2) is 65.8 Å². The predicted molar refractivity (Wildman–Crippen MR) is 201 cm³/mol. The number of alkyl carbamates (subject to hydrolysis) is 1. The van der Waals surface area contributed by atoms with Gasteiger partial charge in [0, 0.05) is 59.6 Å². The van der Waals surface area contributed by atoms with Crippen molar-refractivity contribution in [1.82, 2.24) is 20.5 Å². The van der Waals surface area contributed by atoms with E-state index >= 15 is 0 Å². The SMILES string of the molecule is CCOC(=O)NCCN(CCCSc1ccc(Cl)c(CNC2(c3cnccc3-c3ccccc3OC3CC3)CC2)c1)C(=O)C(O)C(O)C(O)C(O)CO. The van der Waals surface area contributed by atoms with Crippen molar-refractivity contribution in [1.29, 1.82) is 0 Å². The summed E-state index contributed by atoms with van der Waals surface area (Å²) < 4.78 is 11.1. The number of hydrogen-bond acceptors (Lipinski definition) is 12. The summed E-state index contributed by atoms with van der Waals surface area (Å²) in [5.41, 5.74) is 3.98. The highest BCUT2D eigenvalue weighted by atomic mass is 35.5. The van der Waals surface area contributed by atoms with Crippen LogP contribution in [0.4, 0.5) is 4.79 Å². The van der Waals surface area contributed by atoms with Gasteiger partial charge in [-0.3, -0.25) is 9.78 Å². The lowest BCUT2D eigenvalue weighted by Gasteiger charge is -2.30. The molecule has 2 fully saturated rings. The molecule has 2 aromatic carbocycles. The first kappa shape index (κ1) is 40.7.